The molecule has 0 saturated carbocycles. The zero-order valence-electron chi connectivity index (χ0n) is 16.8. The van der Waals surface area contributed by atoms with Gasteiger partial charge in [0.2, 0.25) is 5.91 Å². The van der Waals surface area contributed by atoms with Crippen LogP contribution in [0.2, 0.25) is 0 Å². The van der Waals surface area contributed by atoms with Gasteiger partial charge < -0.3 is 19.3 Å². The second-order valence-electron chi connectivity index (χ2n) is 8.44. The largest absolute Gasteiger partial charge is 0.375 e. The monoisotopic (exact) mass is 386 g/mol. The number of piperidine rings is 1. The van der Waals surface area contributed by atoms with E-state index in [0.717, 1.165) is 37.9 Å². The third kappa shape index (κ3) is 3.55. The third-order valence-corrected chi connectivity index (χ3v) is 6.37. The average Bonchev–Trinajstić information content (AvgIpc) is 3.16. The van der Waals surface area contributed by atoms with Crippen LogP contribution in [0.25, 0.3) is 0 Å². The fraction of sp³-hybridized carbons (Fsp3) is 0.636. The van der Waals surface area contributed by atoms with Crippen LogP contribution < -0.4 is 0 Å². The molecule has 0 N–H and O–H groups in total. The highest BCUT2D eigenvalue weighted by Crippen LogP contribution is 2.37. The fourth-order valence-corrected chi connectivity index (χ4v) is 4.89. The van der Waals surface area contributed by atoms with Gasteiger partial charge in [-0.05, 0) is 45.1 Å². The predicted octanol–water partition coefficient (Wildman–Crippen LogP) is 2.54. The molecule has 6 heteroatoms. The Balaban J connectivity index is 1.56. The van der Waals surface area contributed by atoms with Crippen LogP contribution in [0.5, 0.6) is 0 Å². The topological polar surface area (TPSA) is 59.1 Å². The van der Waals surface area contributed by atoms with Crippen LogP contribution in [0.1, 0.15) is 51.1 Å². The van der Waals surface area contributed by atoms with Crippen molar-refractivity contribution in [2.24, 2.45) is 0 Å². The Morgan fingerprint density at radius 1 is 1.14 bits per heavy atom. The molecule has 4 rings (SSSR count). The molecule has 152 valence electrons. The number of amides is 2. The van der Waals surface area contributed by atoms with E-state index in [2.05, 4.69) is 0 Å². The minimum atomic E-state index is -0.666. The van der Waals surface area contributed by atoms with Gasteiger partial charge in [0.1, 0.15) is 6.61 Å². The van der Waals surface area contributed by atoms with E-state index in [4.69, 9.17) is 9.47 Å². The molecule has 0 radical (unpaired) electrons. The van der Waals surface area contributed by atoms with E-state index in [1.54, 1.807) is 0 Å². The van der Waals surface area contributed by atoms with E-state index in [1.807, 2.05) is 54.0 Å². The molecule has 3 fully saturated rings. The third-order valence-electron chi connectivity index (χ3n) is 6.37. The van der Waals surface area contributed by atoms with Crippen LogP contribution in [-0.2, 0) is 19.1 Å². The highest BCUT2D eigenvalue weighted by molar-refractivity contribution is 5.86. The Morgan fingerprint density at radius 3 is 2.46 bits per heavy atom. The molecule has 1 aromatic carbocycles. The summed E-state index contributed by atoms with van der Waals surface area (Å²) in [5.41, 5.74) is 0.915. The van der Waals surface area contributed by atoms with Crippen molar-refractivity contribution in [2.45, 2.75) is 63.3 Å². The SMILES string of the molecule is CC(C)N1C(=O)CO[C@H](C(=O)N2CCC3(CCCO3)CC2)[C@H]1c1ccccc1. The molecule has 0 bridgehead atoms. The van der Waals surface area contributed by atoms with Gasteiger partial charge in [-0.3, -0.25) is 9.59 Å². The molecule has 1 aromatic rings. The lowest BCUT2D eigenvalue weighted by molar-refractivity contribution is -0.173. The van der Waals surface area contributed by atoms with Crippen molar-refractivity contribution in [1.29, 1.82) is 0 Å². The number of rotatable bonds is 3. The average molecular weight is 386 g/mol. The van der Waals surface area contributed by atoms with E-state index in [0.29, 0.717) is 13.1 Å². The van der Waals surface area contributed by atoms with E-state index < -0.39 is 12.1 Å². The normalized spacial score (nSPS) is 27.6. The van der Waals surface area contributed by atoms with Gasteiger partial charge in [-0.1, -0.05) is 30.3 Å². The molecule has 3 heterocycles. The summed E-state index contributed by atoms with van der Waals surface area (Å²) in [5, 5.41) is 0. The summed E-state index contributed by atoms with van der Waals surface area (Å²) >= 11 is 0. The molecule has 28 heavy (non-hydrogen) atoms. The van der Waals surface area contributed by atoms with Gasteiger partial charge in [-0.25, -0.2) is 0 Å². The lowest BCUT2D eigenvalue weighted by atomic mass is 9.88. The second-order valence-corrected chi connectivity index (χ2v) is 8.44. The van der Waals surface area contributed by atoms with Crippen molar-refractivity contribution in [3.63, 3.8) is 0 Å². The summed E-state index contributed by atoms with van der Waals surface area (Å²) in [6.45, 7) is 6.15. The maximum atomic E-state index is 13.4. The van der Waals surface area contributed by atoms with Crippen LogP contribution in [-0.4, -0.2) is 65.7 Å². The Labute approximate surface area is 166 Å². The molecular weight excluding hydrogens is 356 g/mol. The summed E-state index contributed by atoms with van der Waals surface area (Å²) in [4.78, 5) is 29.7. The minimum absolute atomic E-state index is 0.00609. The summed E-state index contributed by atoms with van der Waals surface area (Å²) < 4.78 is 11.8. The van der Waals surface area contributed by atoms with Crippen molar-refractivity contribution in [3.8, 4) is 0 Å². The second kappa shape index (κ2) is 7.84. The van der Waals surface area contributed by atoms with E-state index in [9.17, 15) is 9.59 Å². The van der Waals surface area contributed by atoms with Crippen molar-refractivity contribution >= 4 is 11.8 Å². The molecule has 6 nitrogen and oxygen atoms in total. The number of hydrogen-bond donors (Lipinski definition) is 0. The number of carbonyl (C=O) groups is 2. The molecule has 3 aliphatic heterocycles. The smallest absolute Gasteiger partial charge is 0.254 e. The van der Waals surface area contributed by atoms with Crippen LogP contribution >= 0.6 is 0 Å². The maximum absolute atomic E-state index is 13.4. The van der Waals surface area contributed by atoms with Crippen LogP contribution in [0.4, 0.5) is 0 Å². The highest BCUT2D eigenvalue weighted by Gasteiger charge is 2.46. The molecule has 2 amide bonds. The van der Waals surface area contributed by atoms with Gasteiger partial charge in [-0.2, -0.15) is 0 Å². The Bertz CT molecular complexity index is 705. The zero-order valence-corrected chi connectivity index (χ0v) is 16.8. The van der Waals surface area contributed by atoms with Gasteiger partial charge >= 0.3 is 0 Å². The first-order valence-electron chi connectivity index (χ1n) is 10.4. The first-order chi connectivity index (χ1) is 13.5. The number of ether oxygens (including phenoxy) is 2. The standard InChI is InChI=1S/C22H30N2O4/c1-16(2)24-18(25)15-27-20(19(24)17-7-4-3-5-8-17)21(26)23-12-10-22(11-13-23)9-6-14-28-22/h3-5,7-8,16,19-20H,6,9-15H2,1-2H3/t19-,20+/m1/s1. The quantitative estimate of drug-likeness (QED) is 0.801. The van der Waals surface area contributed by atoms with Gasteiger partial charge in [0.15, 0.2) is 6.10 Å². The van der Waals surface area contributed by atoms with E-state index >= 15 is 0 Å². The zero-order chi connectivity index (χ0) is 19.7. The van der Waals surface area contributed by atoms with Crippen LogP contribution in [0.3, 0.4) is 0 Å². The first kappa shape index (κ1) is 19.4. The first-order valence-corrected chi connectivity index (χ1v) is 10.4. The molecule has 1 spiro atoms. The summed E-state index contributed by atoms with van der Waals surface area (Å²) in [6.07, 6.45) is 3.31. The Hall–Kier alpha value is -1.92. The lowest BCUT2D eigenvalue weighted by Gasteiger charge is -2.45. The number of likely N-dealkylation sites (tertiary alicyclic amines) is 1. The fourth-order valence-electron chi connectivity index (χ4n) is 4.89. The molecule has 0 aliphatic carbocycles. The lowest BCUT2D eigenvalue weighted by Crippen LogP contribution is -2.58. The summed E-state index contributed by atoms with van der Waals surface area (Å²) in [7, 11) is 0. The minimum Gasteiger partial charge on any atom is -0.375 e. The van der Waals surface area contributed by atoms with Crippen LogP contribution in [0.15, 0.2) is 30.3 Å². The Morgan fingerprint density at radius 2 is 1.86 bits per heavy atom. The molecule has 0 aromatic heterocycles. The van der Waals surface area contributed by atoms with Crippen molar-refractivity contribution in [3.05, 3.63) is 35.9 Å². The van der Waals surface area contributed by atoms with Gasteiger partial charge in [0, 0.05) is 25.7 Å². The molecule has 2 atom stereocenters. The van der Waals surface area contributed by atoms with Gasteiger partial charge in [0.25, 0.3) is 5.91 Å². The van der Waals surface area contributed by atoms with Crippen molar-refractivity contribution < 1.29 is 19.1 Å². The number of benzene rings is 1. The summed E-state index contributed by atoms with van der Waals surface area (Å²) in [6, 6.07) is 9.37. The van der Waals surface area contributed by atoms with E-state index in [-0.39, 0.29) is 30.1 Å². The van der Waals surface area contributed by atoms with Gasteiger partial charge in [0.05, 0.1) is 11.6 Å². The van der Waals surface area contributed by atoms with Crippen molar-refractivity contribution in [2.75, 3.05) is 26.3 Å². The van der Waals surface area contributed by atoms with Crippen molar-refractivity contribution in [1.82, 2.24) is 9.80 Å². The van der Waals surface area contributed by atoms with E-state index in [1.165, 1.54) is 0 Å². The molecule has 3 saturated heterocycles. The number of morpholine rings is 1. The van der Waals surface area contributed by atoms with Gasteiger partial charge in [-0.15, -0.1) is 0 Å². The predicted molar refractivity (Wildman–Crippen MR) is 105 cm³/mol. The van der Waals surface area contributed by atoms with Crippen LogP contribution in [0, 0.1) is 0 Å². The maximum Gasteiger partial charge on any atom is 0.254 e. The molecule has 3 aliphatic rings. The number of hydrogen-bond acceptors (Lipinski definition) is 4. The molecular formula is C22H30N2O4. The number of nitrogens with zero attached hydrogens (tertiary/aromatic N) is 2. The summed E-state index contributed by atoms with van der Waals surface area (Å²) in [5.74, 6) is -0.0790. The highest BCUT2D eigenvalue weighted by atomic mass is 16.5. The Kier molecular flexibility index (Phi) is 5.43. The molecule has 0 unspecified atom stereocenters. The number of carbonyl (C=O) groups excluding carboxylic acids is 2.